The third-order valence-electron chi connectivity index (χ3n) is 3.69. The molecule has 0 unspecified atom stereocenters. The van der Waals surface area contributed by atoms with Crippen molar-refractivity contribution in [3.05, 3.63) is 29.3 Å². The third kappa shape index (κ3) is 4.12. The molecule has 21 heavy (non-hydrogen) atoms. The molecule has 0 atom stereocenters. The second kappa shape index (κ2) is 6.37. The summed E-state index contributed by atoms with van der Waals surface area (Å²) in [6.07, 6.45) is 1.55. The molecule has 1 aliphatic rings. The van der Waals surface area contributed by atoms with Crippen molar-refractivity contribution in [3.8, 4) is 5.75 Å². The van der Waals surface area contributed by atoms with Crippen LogP contribution in [-0.4, -0.2) is 11.9 Å². The van der Waals surface area contributed by atoms with Gasteiger partial charge in [0.05, 0.1) is 11.7 Å². The molecule has 2 rings (SSSR count). The first-order chi connectivity index (χ1) is 9.88. The van der Waals surface area contributed by atoms with Crippen LogP contribution in [0.25, 0.3) is 0 Å². The number of alkyl halides is 3. The van der Waals surface area contributed by atoms with Gasteiger partial charge in [0.25, 0.3) is 0 Å². The summed E-state index contributed by atoms with van der Waals surface area (Å²) in [5.74, 6) is -0.400. The van der Waals surface area contributed by atoms with Gasteiger partial charge in [-0.1, -0.05) is 12.8 Å². The fraction of sp³-hybridized carbons (Fsp3) is 0.533. The zero-order valence-electron chi connectivity index (χ0n) is 11.7. The number of nitrogens with two attached hydrogens (primary N) is 1. The first-order valence-electron chi connectivity index (χ1n) is 7.10. The summed E-state index contributed by atoms with van der Waals surface area (Å²) in [6.45, 7) is 0. The fourth-order valence-corrected chi connectivity index (χ4v) is 2.62. The SMILES string of the molecule is N=C(N)c1ccc(OC2CCCCCC2)cc1C(F)(F)F. The fourth-order valence-electron chi connectivity index (χ4n) is 2.62. The Kier molecular flexibility index (Phi) is 4.75. The third-order valence-corrected chi connectivity index (χ3v) is 3.69. The molecule has 1 fully saturated rings. The molecular weight excluding hydrogens is 281 g/mol. The minimum absolute atomic E-state index is 0.0308. The molecule has 3 N–H and O–H groups in total. The summed E-state index contributed by atoms with van der Waals surface area (Å²) < 4.78 is 44.8. The van der Waals surface area contributed by atoms with E-state index in [1.165, 1.54) is 12.1 Å². The summed E-state index contributed by atoms with van der Waals surface area (Å²) in [5, 5.41) is 7.25. The van der Waals surface area contributed by atoms with Gasteiger partial charge in [0.15, 0.2) is 0 Å². The predicted molar refractivity (Wildman–Crippen MR) is 74.6 cm³/mol. The number of ether oxygens (including phenoxy) is 1. The van der Waals surface area contributed by atoms with Crippen LogP contribution in [0.4, 0.5) is 13.2 Å². The van der Waals surface area contributed by atoms with Crippen molar-refractivity contribution in [2.45, 2.75) is 50.8 Å². The highest BCUT2D eigenvalue weighted by atomic mass is 19.4. The topological polar surface area (TPSA) is 59.1 Å². The van der Waals surface area contributed by atoms with Gasteiger partial charge in [0, 0.05) is 5.56 Å². The number of rotatable bonds is 3. The molecule has 0 radical (unpaired) electrons. The van der Waals surface area contributed by atoms with Crippen molar-refractivity contribution < 1.29 is 17.9 Å². The van der Waals surface area contributed by atoms with Crippen LogP contribution in [-0.2, 0) is 6.18 Å². The lowest BCUT2D eigenvalue weighted by molar-refractivity contribution is -0.137. The second-order valence-corrected chi connectivity index (χ2v) is 5.35. The highest BCUT2D eigenvalue weighted by Crippen LogP contribution is 2.35. The van der Waals surface area contributed by atoms with Crippen LogP contribution in [0, 0.1) is 5.41 Å². The molecule has 0 aliphatic heterocycles. The molecule has 3 nitrogen and oxygen atoms in total. The van der Waals surface area contributed by atoms with E-state index in [0.717, 1.165) is 44.6 Å². The molecule has 1 saturated carbocycles. The molecular formula is C15H19F3N2O. The minimum Gasteiger partial charge on any atom is -0.490 e. The highest BCUT2D eigenvalue weighted by Gasteiger charge is 2.34. The van der Waals surface area contributed by atoms with Crippen LogP contribution >= 0.6 is 0 Å². The van der Waals surface area contributed by atoms with Gasteiger partial charge < -0.3 is 10.5 Å². The second-order valence-electron chi connectivity index (χ2n) is 5.35. The van der Waals surface area contributed by atoms with E-state index in [-0.39, 0.29) is 17.4 Å². The molecule has 1 aliphatic carbocycles. The predicted octanol–water partition coefficient (Wildman–Crippen LogP) is 4.09. The van der Waals surface area contributed by atoms with Gasteiger partial charge in [-0.3, -0.25) is 5.41 Å². The number of hydrogen-bond donors (Lipinski definition) is 2. The molecule has 0 aromatic heterocycles. The van der Waals surface area contributed by atoms with Gasteiger partial charge in [0.2, 0.25) is 0 Å². The molecule has 6 heteroatoms. The van der Waals surface area contributed by atoms with E-state index in [0.29, 0.717) is 0 Å². The monoisotopic (exact) mass is 300 g/mol. The zero-order chi connectivity index (χ0) is 15.5. The maximum atomic E-state index is 13.0. The highest BCUT2D eigenvalue weighted by molar-refractivity contribution is 5.96. The van der Waals surface area contributed by atoms with E-state index in [1.807, 2.05) is 0 Å². The Morgan fingerprint density at radius 2 is 1.76 bits per heavy atom. The zero-order valence-corrected chi connectivity index (χ0v) is 11.7. The standard InChI is InChI=1S/C15H19F3N2O/c16-15(17,18)13-9-11(7-8-12(13)14(19)20)21-10-5-3-1-2-4-6-10/h7-10H,1-6H2,(H3,19,20). The number of halogens is 3. The van der Waals surface area contributed by atoms with E-state index in [4.69, 9.17) is 15.9 Å². The largest absolute Gasteiger partial charge is 0.490 e. The average Bonchev–Trinajstić information content (AvgIpc) is 2.66. The van der Waals surface area contributed by atoms with Crippen LogP contribution in [0.2, 0.25) is 0 Å². The van der Waals surface area contributed by atoms with E-state index in [2.05, 4.69) is 0 Å². The number of nitrogens with one attached hydrogen (secondary N) is 1. The number of nitrogen functional groups attached to an aromatic ring is 1. The summed E-state index contributed by atoms with van der Waals surface area (Å²) in [4.78, 5) is 0. The minimum atomic E-state index is -4.55. The Morgan fingerprint density at radius 3 is 2.29 bits per heavy atom. The van der Waals surface area contributed by atoms with Crippen molar-refractivity contribution in [3.63, 3.8) is 0 Å². The van der Waals surface area contributed by atoms with E-state index in [9.17, 15) is 13.2 Å². The lowest BCUT2D eigenvalue weighted by atomic mass is 10.1. The van der Waals surface area contributed by atoms with Crippen LogP contribution in [0.1, 0.15) is 49.7 Å². The van der Waals surface area contributed by atoms with Crippen LogP contribution in [0.5, 0.6) is 5.75 Å². The Hall–Kier alpha value is -1.72. The van der Waals surface area contributed by atoms with Crippen LogP contribution in [0.15, 0.2) is 18.2 Å². The van der Waals surface area contributed by atoms with E-state index < -0.39 is 17.6 Å². The maximum Gasteiger partial charge on any atom is 0.417 e. The lowest BCUT2D eigenvalue weighted by Crippen LogP contribution is -2.20. The molecule has 0 saturated heterocycles. The molecule has 0 heterocycles. The molecule has 1 aromatic rings. The first-order valence-corrected chi connectivity index (χ1v) is 7.10. The van der Waals surface area contributed by atoms with Crippen molar-refractivity contribution in [1.82, 2.24) is 0 Å². The summed E-state index contributed by atoms with van der Waals surface area (Å²) in [6, 6.07) is 3.61. The Labute approximate surface area is 121 Å². The Morgan fingerprint density at radius 1 is 1.14 bits per heavy atom. The smallest absolute Gasteiger partial charge is 0.417 e. The molecule has 0 bridgehead atoms. The Bertz CT molecular complexity index is 506. The van der Waals surface area contributed by atoms with E-state index in [1.54, 1.807) is 0 Å². The van der Waals surface area contributed by atoms with Gasteiger partial charge in [-0.05, 0) is 43.9 Å². The average molecular weight is 300 g/mol. The van der Waals surface area contributed by atoms with Crippen molar-refractivity contribution in [1.29, 1.82) is 5.41 Å². The van der Waals surface area contributed by atoms with Crippen molar-refractivity contribution in [2.24, 2.45) is 5.73 Å². The van der Waals surface area contributed by atoms with Gasteiger partial charge in [0.1, 0.15) is 11.6 Å². The van der Waals surface area contributed by atoms with Crippen molar-refractivity contribution >= 4 is 5.84 Å². The van der Waals surface area contributed by atoms with Gasteiger partial charge in [-0.2, -0.15) is 13.2 Å². The molecule has 116 valence electrons. The first kappa shape index (κ1) is 15.7. The maximum absolute atomic E-state index is 13.0. The number of hydrogen-bond acceptors (Lipinski definition) is 2. The van der Waals surface area contributed by atoms with Crippen molar-refractivity contribution in [2.75, 3.05) is 0 Å². The summed E-state index contributed by atoms with van der Waals surface area (Å²) in [7, 11) is 0. The molecule has 1 aromatic carbocycles. The van der Waals surface area contributed by atoms with Crippen LogP contribution in [0.3, 0.4) is 0 Å². The number of amidine groups is 1. The number of benzene rings is 1. The summed E-state index contributed by atoms with van der Waals surface area (Å²) in [5.41, 5.74) is 3.98. The van der Waals surface area contributed by atoms with E-state index >= 15 is 0 Å². The quantitative estimate of drug-likeness (QED) is 0.502. The molecule has 0 spiro atoms. The molecule has 0 amide bonds. The van der Waals surface area contributed by atoms with Crippen LogP contribution < -0.4 is 10.5 Å². The van der Waals surface area contributed by atoms with Gasteiger partial charge in [-0.25, -0.2) is 0 Å². The normalized spacial score (nSPS) is 17.3. The Balaban J connectivity index is 2.22. The van der Waals surface area contributed by atoms with Gasteiger partial charge >= 0.3 is 6.18 Å². The lowest BCUT2D eigenvalue weighted by Gasteiger charge is -2.19. The summed E-state index contributed by atoms with van der Waals surface area (Å²) >= 11 is 0. The van der Waals surface area contributed by atoms with Gasteiger partial charge in [-0.15, -0.1) is 0 Å².